The van der Waals surface area contributed by atoms with Crippen LogP contribution in [0.1, 0.15) is 12.5 Å². The first kappa shape index (κ1) is 12.6. The van der Waals surface area contributed by atoms with Gasteiger partial charge in [0.05, 0.1) is 11.2 Å². The van der Waals surface area contributed by atoms with E-state index in [1.807, 2.05) is 31.2 Å². The molecule has 5 nitrogen and oxygen atoms in total. The van der Waals surface area contributed by atoms with Gasteiger partial charge in [-0.15, -0.1) is 10.2 Å². The number of aliphatic carboxylic acids is 1. The number of rotatable bonds is 4. The molecular weight excluding hydrogens is 252 g/mol. The Morgan fingerprint density at radius 2 is 2.11 bits per heavy atom. The molecule has 0 fully saturated rings. The van der Waals surface area contributed by atoms with Gasteiger partial charge in [-0.3, -0.25) is 0 Å². The van der Waals surface area contributed by atoms with E-state index < -0.39 is 11.2 Å². The third-order valence-electron chi connectivity index (χ3n) is 2.39. The fourth-order valence-corrected chi connectivity index (χ4v) is 1.99. The molecule has 6 heteroatoms. The first-order valence-corrected chi connectivity index (χ1v) is 6.23. The van der Waals surface area contributed by atoms with Crippen LogP contribution in [0.2, 0.25) is 0 Å². The van der Waals surface area contributed by atoms with Crippen LogP contribution in [-0.4, -0.2) is 21.4 Å². The van der Waals surface area contributed by atoms with E-state index in [2.05, 4.69) is 10.2 Å². The molecule has 2 aromatic rings. The number of carboxylic acids is 1. The number of hydrogen-bond donors (Lipinski definition) is 0. The fourth-order valence-electron chi connectivity index (χ4n) is 1.38. The molecule has 0 bridgehead atoms. The van der Waals surface area contributed by atoms with E-state index in [1.165, 1.54) is 6.92 Å². The van der Waals surface area contributed by atoms with Crippen LogP contribution in [0.3, 0.4) is 0 Å². The molecule has 0 aliphatic carbocycles. The van der Waals surface area contributed by atoms with E-state index >= 15 is 0 Å². The summed E-state index contributed by atoms with van der Waals surface area (Å²) in [7, 11) is 0. The molecule has 0 N–H and O–H groups in total. The first-order chi connectivity index (χ1) is 8.58. The minimum absolute atomic E-state index is 0.227. The van der Waals surface area contributed by atoms with Crippen molar-refractivity contribution in [2.24, 2.45) is 0 Å². The zero-order valence-corrected chi connectivity index (χ0v) is 10.7. The maximum absolute atomic E-state index is 10.6. The number of carboxylic acid groups (broad SMARTS) is 1. The molecule has 0 aliphatic rings. The highest BCUT2D eigenvalue weighted by atomic mass is 32.2. The van der Waals surface area contributed by atoms with Gasteiger partial charge in [0, 0.05) is 5.56 Å². The van der Waals surface area contributed by atoms with Crippen molar-refractivity contribution in [3.63, 3.8) is 0 Å². The molecule has 0 unspecified atom stereocenters. The van der Waals surface area contributed by atoms with Crippen LogP contribution >= 0.6 is 11.8 Å². The van der Waals surface area contributed by atoms with Crippen LogP contribution < -0.4 is 5.11 Å². The van der Waals surface area contributed by atoms with Gasteiger partial charge in [0.2, 0.25) is 5.89 Å². The van der Waals surface area contributed by atoms with Crippen molar-refractivity contribution in [3.05, 3.63) is 29.8 Å². The van der Waals surface area contributed by atoms with Gasteiger partial charge >= 0.3 is 0 Å². The number of carbonyl (C=O) groups is 1. The van der Waals surface area contributed by atoms with Crippen LogP contribution in [0.4, 0.5) is 0 Å². The molecule has 2 rings (SSSR count). The number of aromatic nitrogens is 2. The SMILES string of the molecule is Cc1ccccc1-c1nnc(S[C@@H](C)C(=O)[O-])o1. The van der Waals surface area contributed by atoms with E-state index in [-0.39, 0.29) is 5.22 Å². The molecule has 1 heterocycles. The first-order valence-electron chi connectivity index (χ1n) is 5.35. The van der Waals surface area contributed by atoms with Crippen molar-refractivity contribution < 1.29 is 14.3 Å². The van der Waals surface area contributed by atoms with E-state index in [0.717, 1.165) is 22.9 Å². The zero-order chi connectivity index (χ0) is 13.1. The number of aryl methyl sites for hydroxylation is 1. The lowest BCUT2D eigenvalue weighted by molar-refractivity contribution is -0.304. The summed E-state index contributed by atoms with van der Waals surface area (Å²) in [4.78, 5) is 10.6. The monoisotopic (exact) mass is 263 g/mol. The van der Waals surface area contributed by atoms with E-state index in [9.17, 15) is 9.90 Å². The Labute approximate surface area is 108 Å². The zero-order valence-electron chi connectivity index (χ0n) is 9.91. The standard InChI is InChI=1S/C12H12N2O3S/c1-7-5-3-4-6-9(7)10-13-14-12(17-10)18-8(2)11(15)16/h3-6,8H,1-2H3,(H,15,16)/p-1/t8-/m0/s1. The van der Waals surface area contributed by atoms with Crippen LogP contribution in [0.15, 0.2) is 33.9 Å². The normalized spacial score (nSPS) is 12.3. The number of carbonyl (C=O) groups excluding carboxylic acids is 1. The number of benzene rings is 1. The van der Waals surface area contributed by atoms with Crippen LogP contribution in [0, 0.1) is 6.92 Å². The molecule has 0 aliphatic heterocycles. The molecule has 0 saturated heterocycles. The van der Waals surface area contributed by atoms with Crippen LogP contribution in [-0.2, 0) is 4.79 Å². The Kier molecular flexibility index (Phi) is 3.66. The molecule has 0 amide bonds. The second-order valence-corrected chi connectivity index (χ2v) is 5.06. The van der Waals surface area contributed by atoms with Gasteiger partial charge in [0.25, 0.3) is 5.22 Å². The highest BCUT2D eigenvalue weighted by molar-refractivity contribution is 8.00. The molecule has 18 heavy (non-hydrogen) atoms. The van der Waals surface area contributed by atoms with Crippen molar-refractivity contribution in [1.29, 1.82) is 0 Å². The van der Waals surface area contributed by atoms with Gasteiger partial charge < -0.3 is 14.3 Å². The average molecular weight is 263 g/mol. The van der Waals surface area contributed by atoms with Gasteiger partial charge in [0.15, 0.2) is 0 Å². The molecule has 0 saturated carbocycles. The third kappa shape index (κ3) is 2.70. The Morgan fingerprint density at radius 1 is 1.39 bits per heavy atom. The largest absolute Gasteiger partial charge is 0.549 e. The van der Waals surface area contributed by atoms with Gasteiger partial charge in [-0.1, -0.05) is 30.0 Å². The highest BCUT2D eigenvalue weighted by Crippen LogP contribution is 2.27. The van der Waals surface area contributed by atoms with E-state index in [4.69, 9.17) is 4.42 Å². The van der Waals surface area contributed by atoms with Crippen molar-refractivity contribution in [1.82, 2.24) is 10.2 Å². The smallest absolute Gasteiger partial charge is 0.277 e. The minimum Gasteiger partial charge on any atom is -0.549 e. The second kappa shape index (κ2) is 5.22. The topological polar surface area (TPSA) is 79.0 Å². The van der Waals surface area contributed by atoms with Crippen molar-refractivity contribution in [2.75, 3.05) is 0 Å². The van der Waals surface area contributed by atoms with Crippen molar-refractivity contribution in [3.8, 4) is 11.5 Å². The lowest BCUT2D eigenvalue weighted by atomic mass is 10.1. The average Bonchev–Trinajstić information content (AvgIpc) is 2.77. The summed E-state index contributed by atoms with van der Waals surface area (Å²) >= 11 is 0.971. The van der Waals surface area contributed by atoms with E-state index in [0.29, 0.717) is 5.89 Å². The number of nitrogens with zero attached hydrogens (tertiary/aromatic N) is 2. The molecular formula is C12H11N2O3S-. The summed E-state index contributed by atoms with van der Waals surface area (Å²) < 4.78 is 5.42. The quantitative estimate of drug-likeness (QED) is 0.773. The summed E-state index contributed by atoms with van der Waals surface area (Å²) in [5, 5.41) is 17.8. The van der Waals surface area contributed by atoms with Gasteiger partial charge in [-0.05, 0) is 25.5 Å². The maximum atomic E-state index is 10.6. The Bertz CT molecular complexity index is 568. The van der Waals surface area contributed by atoms with Gasteiger partial charge in [-0.25, -0.2) is 0 Å². The molecule has 94 valence electrons. The van der Waals surface area contributed by atoms with Gasteiger partial charge in [-0.2, -0.15) is 0 Å². The molecule has 0 spiro atoms. The summed E-state index contributed by atoms with van der Waals surface area (Å²) in [5.41, 5.74) is 1.86. The minimum atomic E-state index is -1.16. The highest BCUT2D eigenvalue weighted by Gasteiger charge is 2.14. The Morgan fingerprint density at radius 3 is 2.78 bits per heavy atom. The van der Waals surface area contributed by atoms with Crippen LogP contribution in [0.5, 0.6) is 0 Å². The molecule has 0 radical (unpaired) electrons. The van der Waals surface area contributed by atoms with Gasteiger partial charge in [0.1, 0.15) is 0 Å². The van der Waals surface area contributed by atoms with Crippen LogP contribution in [0.25, 0.3) is 11.5 Å². The lowest BCUT2D eigenvalue weighted by Crippen LogP contribution is -2.31. The maximum Gasteiger partial charge on any atom is 0.277 e. The predicted molar refractivity (Wildman–Crippen MR) is 64.8 cm³/mol. The summed E-state index contributed by atoms with van der Waals surface area (Å²) in [6.07, 6.45) is 0. The summed E-state index contributed by atoms with van der Waals surface area (Å²) in [6.45, 7) is 3.45. The molecule has 1 aromatic carbocycles. The van der Waals surface area contributed by atoms with Crippen molar-refractivity contribution >= 4 is 17.7 Å². The predicted octanol–water partition coefficient (Wildman–Crippen LogP) is 1.28. The van der Waals surface area contributed by atoms with Crippen molar-refractivity contribution in [2.45, 2.75) is 24.3 Å². The number of hydrogen-bond acceptors (Lipinski definition) is 6. The van der Waals surface area contributed by atoms with E-state index in [1.54, 1.807) is 0 Å². The molecule has 1 atom stereocenters. The Hall–Kier alpha value is -1.82. The summed E-state index contributed by atoms with van der Waals surface area (Å²) in [6, 6.07) is 7.61. The number of thioether (sulfide) groups is 1. The Balaban J connectivity index is 2.21. The summed E-state index contributed by atoms with van der Waals surface area (Å²) in [5.74, 6) is -0.767. The second-order valence-electron chi connectivity index (χ2n) is 3.77. The fraction of sp³-hybridized carbons (Fsp3) is 0.250. The molecule has 1 aromatic heterocycles. The lowest BCUT2D eigenvalue weighted by Gasteiger charge is -2.07. The third-order valence-corrected chi connectivity index (χ3v) is 3.30.